The van der Waals surface area contributed by atoms with Crippen LogP contribution < -0.4 is 5.32 Å². The fourth-order valence-electron chi connectivity index (χ4n) is 3.52. The zero-order valence-electron chi connectivity index (χ0n) is 17.8. The number of carbonyl (C=O) groups is 3. The highest BCUT2D eigenvalue weighted by atomic mass is 32.3. The SMILES string of the molecule is Cn1nnnc1SCC1=C(C(=O)O)N2C(=O)[C@@H](NC(=O)[C@H](OS(=O)(=O)O)c3ccccc3)[C@H]2SC1. The molecule has 3 atom stereocenters. The van der Waals surface area contributed by atoms with Crippen molar-refractivity contribution in [2.75, 3.05) is 11.5 Å². The number of aryl methyl sites for hydroxylation is 1. The van der Waals surface area contributed by atoms with Crippen molar-refractivity contribution in [2.24, 2.45) is 7.05 Å². The Kier molecular flexibility index (Phi) is 7.13. The number of amides is 2. The fraction of sp³-hybridized carbons (Fsp3) is 0.333. The summed E-state index contributed by atoms with van der Waals surface area (Å²) in [6.07, 6.45) is -1.75. The Hall–Kier alpha value is -2.99. The first-order valence-corrected chi connectivity index (χ1v) is 13.2. The van der Waals surface area contributed by atoms with Gasteiger partial charge in [0.05, 0.1) is 0 Å². The number of fused-ring (bicyclic) bond motifs is 1. The summed E-state index contributed by atoms with van der Waals surface area (Å²) in [5.74, 6) is -2.45. The quantitative estimate of drug-likeness (QED) is 0.211. The number of aromatic nitrogens is 4. The van der Waals surface area contributed by atoms with Crippen molar-refractivity contribution in [3.8, 4) is 0 Å². The number of hydrogen-bond acceptors (Lipinski definition) is 11. The zero-order valence-corrected chi connectivity index (χ0v) is 20.3. The molecule has 0 bridgehead atoms. The first-order valence-electron chi connectivity index (χ1n) is 9.83. The van der Waals surface area contributed by atoms with Gasteiger partial charge in [-0.3, -0.25) is 19.0 Å². The van der Waals surface area contributed by atoms with Gasteiger partial charge in [0.25, 0.3) is 11.8 Å². The molecule has 0 radical (unpaired) electrons. The van der Waals surface area contributed by atoms with Crippen molar-refractivity contribution >= 4 is 51.7 Å². The molecule has 14 nitrogen and oxygen atoms in total. The molecule has 0 unspecified atom stereocenters. The van der Waals surface area contributed by atoms with E-state index in [4.69, 9.17) is 4.55 Å². The largest absolute Gasteiger partial charge is 0.477 e. The summed E-state index contributed by atoms with van der Waals surface area (Å²) >= 11 is 2.46. The van der Waals surface area contributed by atoms with Crippen molar-refractivity contribution in [1.29, 1.82) is 0 Å². The molecule has 2 aliphatic rings. The lowest BCUT2D eigenvalue weighted by molar-refractivity contribution is -0.151. The molecule has 35 heavy (non-hydrogen) atoms. The van der Waals surface area contributed by atoms with E-state index >= 15 is 0 Å². The minimum absolute atomic E-state index is 0.131. The van der Waals surface area contributed by atoms with E-state index in [1.807, 2.05) is 0 Å². The summed E-state index contributed by atoms with van der Waals surface area (Å²) in [6, 6.07) is 6.43. The number of carboxylic acids is 1. The van der Waals surface area contributed by atoms with Crippen LogP contribution in [-0.2, 0) is 36.0 Å². The van der Waals surface area contributed by atoms with Gasteiger partial charge in [0.1, 0.15) is 17.1 Å². The van der Waals surface area contributed by atoms with Gasteiger partial charge in [0.2, 0.25) is 5.16 Å². The molecular weight excluding hydrogens is 524 g/mol. The van der Waals surface area contributed by atoms with Crippen molar-refractivity contribution in [2.45, 2.75) is 22.7 Å². The number of carboxylic acid groups (broad SMARTS) is 1. The number of nitrogens with zero attached hydrogens (tertiary/aromatic N) is 5. The standard InChI is InChI=1S/C18H18N6O8S3/c1-23-18(20-21-22-23)34-8-10-7-33-16-11(15(26)24(16)12(10)17(27)28)19-14(25)13(32-35(29,30)31)9-5-3-2-4-6-9/h2-6,11,13,16H,7-8H2,1H3,(H,19,25)(H,27,28)(H,29,30,31)/t11-,13-,16-/m1/s1. The molecule has 186 valence electrons. The molecule has 1 saturated heterocycles. The number of carbonyl (C=O) groups excluding carboxylic acids is 2. The fourth-order valence-corrected chi connectivity index (χ4v) is 6.30. The summed E-state index contributed by atoms with van der Waals surface area (Å²) in [7, 11) is -3.36. The van der Waals surface area contributed by atoms with E-state index in [2.05, 4.69) is 25.0 Å². The third-order valence-electron chi connectivity index (χ3n) is 5.06. The van der Waals surface area contributed by atoms with Gasteiger partial charge in [-0.2, -0.15) is 8.42 Å². The Labute approximate surface area is 207 Å². The zero-order chi connectivity index (χ0) is 25.3. The maximum Gasteiger partial charge on any atom is 0.398 e. The predicted octanol–water partition coefficient (Wildman–Crippen LogP) is -0.398. The van der Waals surface area contributed by atoms with Crippen LogP contribution in [0.15, 0.2) is 46.8 Å². The number of aliphatic carboxylic acids is 1. The maximum atomic E-state index is 12.9. The van der Waals surface area contributed by atoms with E-state index in [1.165, 1.54) is 52.5 Å². The Bertz CT molecular complexity index is 1300. The second-order valence-corrected chi connectivity index (χ2v) is 10.4. The summed E-state index contributed by atoms with van der Waals surface area (Å²) in [5, 5.41) is 23.0. The molecule has 1 aromatic heterocycles. The third-order valence-corrected chi connectivity index (χ3v) is 7.93. The summed E-state index contributed by atoms with van der Waals surface area (Å²) < 4.78 is 37.7. The van der Waals surface area contributed by atoms with Gasteiger partial charge in [0.15, 0.2) is 6.10 Å². The first kappa shape index (κ1) is 25.1. The summed E-state index contributed by atoms with van der Waals surface area (Å²) in [6.45, 7) is 0. The normalized spacial score (nSPS) is 20.7. The van der Waals surface area contributed by atoms with Gasteiger partial charge >= 0.3 is 16.4 Å². The molecule has 4 rings (SSSR count). The van der Waals surface area contributed by atoms with Crippen LogP contribution >= 0.6 is 23.5 Å². The lowest BCUT2D eigenvalue weighted by Crippen LogP contribution is -2.71. The van der Waals surface area contributed by atoms with E-state index in [1.54, 1.807) is 13.1 Å². The molecule has 1 fully saturated rings. The van der Waals surface area contributed by atoms with Gasteiger partial charge in [-0.25, -0.2) is 13.7 Å². The van der Waals surface area contributed by atoms with E-state index in [0.717, 1.165) is 4.90 Å². The van der Waals surface area contributed by atoms with Crippen molar-refractivity contribution in [3.05, 3.63) is 47.2 Å². The summed E-state index contributed by atoms with van der Waals surface area (Å²) in [5.41, 5.74) is 0.439. The lowest BCUT2D eigenvalue weighted by atomic mass is 10.0. The second-order valence-electron chi connectivity index (χ2n) is 7.34. The van der Waals surface area contributed by atoms with Gasteiger partial charge < -0.3 is 10.4 Å². The Morgan fingerprint density at radius 1 is 1.34 bits per heavy atom. The van der Waals surface area contributed by atoms with Gasteiger partial charge in [-0.15, -0.1) is 16.9 Å². The molecule has 2 aliphatic heterocycles. The third kappa shape index (κ3) is 5.32. The average Bonchev–Trinajstić information content (AvgIpc) is 3.23. The van der Waals surface area contributed by atoms with Crippen LogP contribution in [0.4, 0.5) is 0 Å². The topological polar surface area (TPSA) is 194 Å². The van der Waals surface area contributed by atoms with Gasteiger partial charge in [-0.1, -0.05) is 42.1 Å². The first-order chi connectivity index (χ1) is 16.6. The molecule has 2 amide bonds. The molecular formula is C18H18N6O8S3. The maximum absolute atomic E-state index is 12.9. The van der Waals surface area contributed by atoms with E-state index in [9.17, 15) is 27.9 Å². The lowest BCUT2D eigenvalue weighted by Gasteiger charge is -2.49. The molecule has 0 aliphatic carbocycles. The number of rotatable bonds is 9. The van der Waals surface area contributed by atoms with Crippen molar-refractivity contribution in [3.63, 3.8) is 0 Å². The smallest absolute Gasteiger partial charge is 0.398 e. The highest BCUT2D eigenvalue weighted by Gasteiger charge is 2.54. The highest BCUT2D eigenvalue weighted by Crippen LogP contribution is 2.41. The minimum Gasteiger partial charge on any atom is -0.477 e. The molecule has 1 aromatic carbocycles. The monoisotopic (exact) mass is 542 g/mol. The van der Waals surface area contributed by atoms with Crippen LogP contribution in [0.25, 0.3) is 0 Å². The Morgan fingerprint density at radius 2 is 2.06 bits per heavy atom. The van der Waals surface area contributed by atoms with E-state index < -0.39 is 45.7 Å². The van der Waals surface area contributed by atoms with E-state index in [0.29, 0.717) is 10.7 Å². The summed E-state index contributed by atoms with van der Waals surface area (Å²) in [4.78, 5) is 38.8. The highest BCUT2D eigenvalue weighted by molar-refractivity contribution is 8.01. The van der Waals surface area contributed by atoms with Crippen LogP contribution in [0.5, 0.6) is 0 Å². The van der Waals surface area contributed by atoms with Crippen LogP contribution in [0.3, 0.4) is 0 Å². The van der Waals surface area contributed by atoms with E-state index in [-0.39, 0.29) is 22.8 Å². The van der Waals surface area contributed by atoms with Gasteiger partial charge in [0, 0.05) is 18.6 Å². The Morgan fingerprint density at radius 3 is 2.66 bits per heavy atom. The number of nitrogens with one attached hydrogen (secondary N) is 1. The molecule has 17 heteroatoms. The number of thioether (sulfide) groups is 2. The second kappa shape index (κ2) is 9.94. The average molecular weight is 543 g/mol. The predicted molar refractivity (Wildman–Crippen MR) is 121 cm³/mol. The van der Waals surface area contributed by atoms with Crippen LogP contribution in [-0.4, -0.2) is 83.9 Å². The minimum atomic E-state index is -5.00. The molecule has 2 aromatic rings. The molecule has 0 spiro atoms. The van der Waals surface area contributed by atoms with Crippen LogP contribution in [0.1, 0.15) is 11.7 Å². The molecule has 0 saturated carbocycles. The van der Waals surface area contributed by atoms with Crippen molar-refractivity contribution < 1.29 is 36.6 Å². The molecule has 3 N–H and O–H groups in total. The van der Waals surface area contributed by atoms with Crippen LogP contribution in [0, 0.1) is 0 Å². The molecule has 3 heterocycles. The number of β-lactam (4-membered cyclic amide) rings is 1. The number of tetrazole rings is 1. The number of benzene rings is 1. The van der Waals surface area contributed by atoms with Gasteiger partial charge in [-0.05, 0) is 21.6 Å². The van der Waals surface area contributed by atoms with Crippen molar-refractivity contribution in [1.82, 2.24) is 30.4 Å². The number of hydrogen-bond donors (Lipinski definition) is 3. The Balaban J connectivity index is 1.51. The van der Waals surface area contributed by atoms with Crippen LogP contribution in [0.2, 0.25) is 0 Å².